The Labute approximate surface area is 198 Å². The molecular weight excluding hydrogens is 436 g/mol. The minimum Gasteiger partial charge on any atom is -0.466 e. The van der Waals surface area contributed by atoms with Crippen molar-refractivity contribution in [2.24, 2.45) is 22.4 Å². The van der Waals surface area contributed by atoms with Gasteiger partial charge in [0.1, 0.15) is 5.75 Å². The fourth-order valence-corrected chi connectivity index (χ4v) is 3.54. The molecule has 1 unspecified atom stereocenters. The summed E-state index contributed by atoms with van der Waals surface area (Å²) in [6.45, 7) is 3.07. The van der Waals surface area contributed by atoms with E-state index >= 15 is 0 Å². The highest BCUT2D eigenvalue weighted by Crippen LogP contribution is 2.20. The number of hydrogen-bond donors (Lipinski definition) is 2. The summed E-state index contributed by atoms with van der Waals surface area (Å²) in [7, 11) is 0. The molecule has 1 aliphatic rings. The summed E-state index contributed by atoms with van der Waals surface area (Å²) in [5.74, 6) is -0.912. The molecule has 178 valence electrons. The van der Waals surface area contributed by atoms with Gasteiger partial charge < -0.3 is 25.8 Å². The first-order valence-electron chi connectivity index (χ1n) is 11.0. The molecule has 0 aliphatic carbocycles. The molecule has 0 spiro atoms. The molecule has 2 aromatic carbocycles. The molecule has 0 saturated carbocycles. The van der Waals surface area contributed by atoms with Crippen LogP contribution in [0.4, 0.5) is 5.69 Å². The van der Waals surface area contributed by atoms with Crippen LogP contribution in [-0.2, 0) is 14.3 Å². The van der Waals surface area contributed by atoms with Crippen molar-refractivity contribution in [3.63, 3.8) is 0 Å². The smallest absolute Gasteiger partial charge is 0.343 e. The monoisotopic (exact) mass is 464 g/mol. The van der Waals surface area contributed by atoms with Gasteiger partial charge in [0.05, 0.1) is 23.8 Å². The quantitative estimate of drug-likeness (QED) is 0.211. The summed E-state index contributed by atoms with van der Waals surface area (Å²) in [6, 6.07) is 13.1. The maximum absolute atomic E-state index is 12.5. The summed E-state index contributed by atoms with van der Waals surface area (Å²) in [6.07, 6.45) is 4.63. The Hall–Kier alpha value is -4.14. The molecule has 1 amide bonds. The van der Waals surface area contributed by atoms with E-state index in [1.54, 1.807) is 66.4 Å². The van der Waals surface area contributed by atoms with Crippen LogP contribution in [0, 0.1) is 5.92 Å². The average Bonchev–Trinajstić information content (AvgIpc) is 2.84. The topological polar surface area (TPSA) is 137 Å². The summed E-state index contributed by atoms with van der Waals surface area (Å²) >= 11 is 0. The third-order valence-electron chi connectivity index (χ3n) is 5.22. The Bertz CT molecular complexity index is 1070. The normalized spacial score (nSPS) is 15.6. The molecule has 9 nitrogen and oxygen atoms in total. The van der Waals surface area contributed by atoms with E-state index in [1.165, 1.54) is 6.08 Å². The summed E-state index contributed by atoms with van der Waals surface area (Å²) in [5, 5.41) is 0. The fraction of sp³-hybridized carbons (Fsp3) is 0.280. The standard InChI is InChI=1S/C25H28N4O5/c1-2-33-23(31)19-4-3-15-29(16-19)22(30)14-7-17-5-8-18(9-6-17)24(32)34-21-12-10-20(11-13-21)28-25(26)27/h5-14,19H,2-4,15-16H2,1H3,(H4,26,27,28). The number of carbonyl (C=O) groups is 3. The van der Waals surface area contributed by atoms with Crippen molar-refractivity contribution in [3.8, 4) is 5.75 Å². The number of hydrogen-bond acceptors (Lipinski definition) is 6. The Morgan fingerprint density at radius 1 is 1.09 bits per heavy atom. The van der Waals surface area contributed by atoms with E-state index in [4.69, 9.17) is 20.9 Å². The third kappa shape index (κ3) is 6.93. The van der Waals surface area contributed by atoms with Crippen molar-refractivity contribution in [1.82, 2.24) is 4.90 Å². The van der Waals surface area contributed by atoms with E-state index in [9.17, 15) is 14.4 Å². The first kappa shape index (κ1) is 24.5. The van der Waals surface area contributed by atoms with Crippen LogP contribution in [0.2, 0.25) is 0 Å². The number of guanidine groups is 1. The second-order valence-corrected chi connectivity index (χ2v) is 7.75. The van der Waals surface area contributed by atoms with Gasteiger partial charge in [-0.05, 0) is 67.8 Å². The SMILES string of the molecule is CCOC(=O)C1CCCN(C(=O)C=Cc2ccc(C(=O)Oc3ccc(N=C(N)N)cc3)cc2)C1. The van der Waals surface area contributed by atoms with E-state index in [-0.39, 0.29) is 23.8 Å². The van der Waals surface area contributed by atoms with Gasteiger partial charge in [-0.25, -0.2) is 9.79 Å². The highest BCUT2D eigenvalue weighted by molar-refractivity contribution is 5.93. The molecule has 1 heterocycles. The van der Waals surface area contributed by atoms with Crippen molar-refractivity contribution in [1.29, 1.82) is 0 Å². The van der Waals surface area contributed by atoms with Gasteiger partial charge in [-0.15, -0.1) is 0 Å². The van der Waals surface area contributed by atoms with E-state index < -0.39 is 5.97 Å². The van der Waals surface area contributed by atoms with Gasteiger partial charge in [-0.2, -0.15) is 0 Å². The maximum atomic E-state index is 12.5. The zero-order valence-electron chi connectivity index (χ0n) is 19.0. The van der Waals surface area contributed by atoms with Gasteiger partial charge in [0.25, 0.3) is 0 Å². The van der Waals surface area contributed by atoms with Crippen molar-refractivity contribution in [2.45, 2.75) is 19.8 Å². The predicted molar refractivity (Wildman–Crippen MR) is 128 cm³/mol. The van der Waals surface area contributed by atoms with Gasteiger partial charge in [0.15, 0.2) is 5.96 Å². The van der Waals surface area contributed by atoms with Crippen LogP contribution >= 0.6 is 0 Å². The van der Waals surface area contributed by atoms with Crippen LogP contribution in [0.1, 0.15) is 35.7 Å². The molecule has 2 aromatic rings. The highest BCUT2D eigenvalue weighted by Gasteiger charge is 2.28. The molecule has 3 rings (SSSR count). The Balaban J connectivity index is 1.55. The summed E-state index contributed by atoms with van der Waals surface area (Å²) in [5.41, 5.74) is 12.3. The summed E-state index contributed by atoms with van der Waals surface area (Å²) in [4.78, 5) is 42.5. The number of likely N-dealkylation sites (tertiary alicyclic amines) is 1. The molecule has 1 atom stereocenters. The number of esters is 2. The van der Waals surface area contributed by atoms with Crippen molar-refractivity contribution >= 4 is 35.6 Å². The molecule has 0 aromatic heterocycles. The van der Waals surface area contributed by atoms with E-state index in [2.05, 4.69) is 4.99 Å². The second-order valence-electron chi connectivity index (χ2n) is 7.75. The largest absolute Gasteiger partial charge is 0.466 e. The molecule has 34 heavy (non-hydrogen) atoms. The number of amides is 1. The number of nitrogens with zero attached hydrogens (tertiary/aromatic N) is 2. The van der Waals surface area contributed by atoms with Gasteiger partial charge in [-0.3, -0.25) is 9.59 Å². The lowest BCUT2D eigenvalue weighted by molar-refractivity contribution is -0.150. The van der Waals surface area contributed by atoms with Crippen molar-refractivity contribution in [3.05, 3.63) is 65.7 Å². The van der Waals surface area contributed by atoms with Gasteiger partial charge >= 0.3 is 11.9 Å². The Morgan fingerprint density at radius 2 is 1.79 bits per heavy atom. The highest BCUT2D eigenvalue weighted by atomic mass is 16.5. The number of rotatable bonds is 7. The molecule has 0 bridgehead atoms. The lowest BCUT2D eigenvalue weighted by atomic mass is 9.98. The van der Waals surface area contributed by atoms with Crippen LogP contribution in [0.25, 0.3) is 6.08 Å². The van der Waals surface area contributed by atoms with Gasteiger partial charge in [0, 0.05) is 19.2 Å². The Kier molecular flexibility index (Phi) is 8.39. The van der Waals surface area contributed by atoms with Crippen molar-refractivity contribution in [2.75, 3.05) is 19.7 Å². The number of piperidine rings is 1. The molecule has 9 heteroatoms. The number of nitrogens with two attached hydrogens (primary N) is 2. The van der Waals surface area contributed by atoms with E-state index in [0.29, 0.717) is 36.7 Å². The second kappa shape index (κ2) is 11.6. The lowest BCUT2D eigenvalue weighted by Gasteiger charge is -2.30. The van der Waals surface area contributed by atoms with Gasteiger partial charge in [0.2, 0.25) is 5.91 Å². The van der Waals surface area contributed by atoms with E-state index in [0.717, 1.165) is 18.4 Å². The average molecular weight is 465 g/mol. The first-order valence-corrected chi connectivity index (χ1v) is 11.0. The number of carbonyl (C=O) groups excluding carboxylic acids is 3. The zero-order valence-corrected chi connectivity index (χ0v) is 19.0. The molecule has 1 saturated heterocycles. The fourth-order valence-electron chi connectivity index (χ4n) is 3.54. The van der Waals surface area contributed by atoms with Crippen LogP contribution in [0.3, 0.4) is 0 Å². The third-order valence-corrected chi connectivity index (χ3v) is 5.22. The molecular formula is C25H28N4O5. The lowest BCUT2D eigenvalue weighted by Crippen LogP contribution is -2.42. The maximum Gasteiger partial charge on any atom is 0.343 e. The van der Waals surface area contributed by atoms with Crippen molar-refractivity contribution < 1.29 is 23.9 Å². The number of ether oxygens (including phenoxy) is 2. The molecule has 0 radical (unpaired) electrons. The summed E-state index contributed by atoms with van der Waals surface area (Å²) < 4.78 is 10.4. The Morgan fingerprint density at radius 3 is 2.44 bits per heavy atom. The van der Waals surface area contributed by atoms with Crippen LogP contribution in [0.5, 0.6) is 5.75 Å². The number of aliphatic imine (C=N–C) groups is 1. The van der Waals surface area contributed by atoms with Crippen LogP contribution in [-0.4, -0.2) is 48.4 Å². The minimum atomic E-state index is -0.514. The number of benzene rings is 2. The zero-order chi connectivity index (χ0) is 24.5. The van der Waals surface area contributed by atoms with Crippen LogP contribution < -0.4 is 16.2 Å². The predicted octanol–water partition coefficient (Wildman–Crippen LogP) is 2.63. The molecule has 1 aliphatic heterocycles. The van der Waals surface area contributed by atoms with Gasteiger partial charge in [-0.1, -0.05) is 12.1 Å². The minimum absolute atomic E-state index is 0.0580. The van der Waals surface area contributed by atoms with Crippen LogP contribution in [0.15, 0.2) is 59.6 Å². The molecule has 1 fully saturated rings. The van der Waals surface area contributed by atoms with E-state index in [1.807, 2.05) is 0 Å². The molecule has 4 N–H and O–H groups in total. The first-order chi connectivity index (χ1) is 16.4.